The molecular formula is C22H18F8O6. The topological polar surface area (TPSA) is 82.1 Å². The summed E-state index contributed by atoms with van der Waals surface area (Å²) in [5.41, 5.74) is -8.38. The molecule has 14 heteroatoms. The van der Waals surface area contributed by atoms with Crippen LogP contribution in [-0.4, -0.2) is 41.3 Å². The van der Waals surface area contributed by atoms with Crippen LogP contribution in [0, 0.1) is 0 Å². The Morgan fingerprint density at radius 2 is 1.08 bits per heavy atom. The van der Waals surface area contributed by atoms with Crippen molar-refractivity contribution in [1.29, 1.82) is 0 Å². The number of ether oxygens (including phenoxy) is 3. The van der Waals surface area contributed by atoms with Crippen LogP contribution in [-0.2, 0) is 14.9 Å². The lowest BCUT2D eigenvalue weighted by Crippen LogP contribution is -2.54. The predicted octanol–water partition coefficient (Wildman–Crippen LogP) is 6.47. The molecule has 1 N–H and O–H groups in total. The fraction of sp³-hybridized carbons (Fsp3) is 0.364. The van der Waals surface area contributed by atoms with E-state index in [1.165, 1.54) is 20.8 Å². The van der Waals surface area contributed by atoms with Gasteiger partial charge in [-0.25, -0.2) is 9.59 Å². The molecule has 0 atom stereocenters. The van der Waals surface area contributed by atoms with Crippen LogP contribution in [0.5, 0.6) is 11.5 Å². The lowest BCUT2D eigenvalue weighted by Gasteiger charge is -2.38. The van der Waals surface area contributed by atoms with E-state index in [-0.39, 0.29) is 12.1 Å². The maximum Gasteiger partial charge on any atom is 0.514 e. The maximum absolute atomic E-state index is 14.2. The van der Waals surface area contributed by atoms with Crippen molar-refractivity contribution < 1.29 is 64.0 Å². The molecule has 2 aromatic rings. The van der Waals surface area contributed by atoms with E-state index in [1.54, 1.807) is 0 Å². The number of alkyl halides is 8. The highest BCUT2D eigenvalue weighted by Gasteiger charge is 2.72. The van der Waals surface area contributed by atoms with E-state index in [4.69, 9.17) is 14.6 Å². The number of halogens is 8. The highest BCUT2D eigenvalue weighted by atomic mass is 19.4. The van der Waals surface area contributed by atoms with Gasteiger partial charge in [-0.05, 0) is 56.2 Å². The second kappa shape index (κ2) is 9.47. The van der Waals surface area contributed by atoms with Gasteiger partial charge in [-0.1, -0.05) is 24.3 Å². The molecule has 36 heavy (non-hydrogen) atoms. The van der Waals surface area contributed by atoms with Gasteiger partial charge in [0.15, 0.2) is 0 Å². The van der Waals surface area contributed by atoms with E-state index in [2.05, 4.69) is 4.74 Å². The highest BCUT2D eigenvalue weighted by molar-refractivity contribution is 5.74. The molecular weight excluding hydrogens is 512 g/mol. The molecule has 0 amide bonds. The van der Waals surface area contributed by atoms with Crippen LogP contribution < -0.4 is 9.47 Å². The second-order valence-electron chi connectivity index (χ2n) is 8.28. The van der Waals surface area contributed by atoms with Gasteiger partial charge in [0.2, 0.25) is 5.41 Å². The Morgan fingerprint density at radius 1 is 0.694 bits per heavy atom. The van der Waals surface area contributed by atoms with E-state index in [0.717, 1.165) is 0 Å². The maximum atomic E-state index is 14.2. The van der Waals surface area contributed by atoms with Crippen molar-refractivity contribution in [3.8, 4) is 11.5 Å². The Labute approximate surface area is 198 Å². The molecule has 0 heterocycles. The van der Waals surface area contributed by atoms with Crippen molar-refractivity contribution in [1.82, 2.24) is 0 Å². The van der Waals surface area contributed by atoms with Gasteiger partial charge in [0.25, 0.3) is 0 Å². The summed E-state index contributed by atoms with van der Waals surface area (Å²) in [4.78, 5) is 22.2. The lowest BCUT2D eigenvalue weighted by molar-refractivity contribution is -0.288. The summed E-state index contributed by atoms with van der Waals surface area (Å²) in [5, 5.41) is 8.37. The molecule has 0 aliphatic heterocycles. The minimum atomic E-state index is -5.99. The summed E-state index contributed by atoms with van der Waals surface area (Å²) in [6, 6.07) is 3.41. The first-order valence-corrected chi connectivity index (χ1v) is 9.76. The summed E-state index contributed by atoms with van der Waals surface area (Å²) >= 11 is 0. The van der Waals surface area contributed by atoms with Crippen LogP contribution >= 0.6 is 0 Å². The summed E-state index contributed by atoms with van der Waals surface area (Å²) in [5.74, 6) is -4.13. The minimum Gasteiger partial charge on any atom is -0.474 e. The first-order chi connectivity index (χ1) is 16.2. The van der Waals surface area contributed by atoms with Crippen LogP contribution in [0.3, 0.4) is 0 Å². The number of carbonyl (C=O) groups is 2. The normalized spacial score (nSPS) is 13.2. The first-order valence-electron chi connectivity index (χ1n) is 9.76. The SMILES string of the molecule is CC(C)(C)OC(=O)Oc1ccc(C(c2ccc(OC(F)(F)C(=O)O)cc2)(C(F)(F)F)C(F)(F)F)cc1. The van der Waals surface area contributed by atoms with Crippen molar-refractivity contribution in [3.63, 3.8) is 0 Å². The van der Waals surface area contributed by atoms with Crippen molar-refractivity contribution >= 4 is 12.1 Å². The fourth-order valence-corrected chi connectivity index (χ4v) is 3.09. The van der Waals surface area contributed by atoms with Crippen molar-refractivity contribution in [2.45, 2.75) is 50.2 Å². The van der Waals surface area contributed by atoms with Gasteiger partial charge in [-0.3, -0.25) is 0 Å². The van der Waals surface area contributed by atoms with Crippen LogP contribution in [0.25, 0.3) is 0 Å². The van der Waals surface area contributed by atoms with Gasteiger partial charge in [-0.15, -0.1) is 0 Å². The molecule has 0 bridgehead atoms. The van der Waals surface area contributed by atoms with Crippen molar-refractivity contribution in [2.75, 3.05) is 0 Å². The Morgan fingerprint density at radius 3 is 1.42 bits per heavy atom. The van der Waals surface area contributed by atoms with Gasteiger partial charge in [0, 0.05) is 0 Å². The zero-order valence-electron chi connectivity index (χ0n) is 18.6. The summed E-state index contributed by atoms with van der Waals surface area (Å²) in [7, 11) is 0. The van der Waals surface area contributed by atoms with Crippen molar-refractivity contribution in [3.05, 3.63) is 59.7 Å². The van der Waals surface area contributed by atoms with Gasteiger partial charge >= 0.3 is 30.6 Å². The summed E-state index contributed by atoms with van der Waals surface area (Å²) in [6.07, 6.45) is -18.0. The number of benzene rings is 2. The number of hydrogen-bond acceptors (Lipinski definition) is 5. The second-order valence-corrected chi connectivity index (χ2v) is 8.28. The molecule has 0 saturated heterocycles. The molecule has 2 rings (SSSR count). The Kier molecular flexibility index (Phi) is 7.54. The number of rotatable bonds is 6. The van der Waals surface area contributed by atoms with Crippen LogP contribution in [0.4, 0.5) is 39.9 Å². The highest BCUT2D eigenvalue weighted by Crippen LogP contribution is 2.56. The summed E-state index contributed by atoms with van der Waals surface area (Å²) < 4.78 is 125. The van der Waals surface area contributed by atoms with Crippen LogP contribution in [0.2, 0.25) is 0 Å². The van der Waals surface area contributed by atoms with Crippen LogP contribution in [0.1, 0.15) is 31.9 Å². The molecule has 0 fully saturated rings. The molecule has 0 unspecified atom stereocenters. The molecule has 0 aliphatic carbocycles. The van der Waals surface area contributed by atoms with Gasteiger partial charge in [0.05, 0.1) is 0 Å². The number of aliphatic carboxylic acids is 1. The third kappa shape index (κ3) is 5.97. The third-order valence-corrected chi connectivity index (χ3v) is 4.51. The largest absolute Gasteiger partial charge is 0.514 e. The van der Waals surface area contributed by atoms with E-state index in [0.29, 0.717) is 36.4 Å². The Balaban J connectivity index is 2.55. The number of hydrogen-bond donors (Lipinski definition) is 1. The number of carboxylic acid groups (broad SMARTS) is 1. The zero-order valence-corrected chi connectivity index (χ0v) is 18.6. The number of carbonyl (C=O) groups excluding carboxylic acids is 1. The molecule has 0 saturated carbocycles. The van der Waals surface area contributed by atoms with Crippen LogP contribution in [0.15, 0.2) is 48.5 Å². The fourth-order valence-electron chi connectivity index (χ4n) is 3.09. The smallest absolute Gasteiger partial charge is 0.474 e. The Hall–Kier alpha value is -3.58. The monoisotopic (exact) mass is 530 g/mol. The first kappa shape index (κ1) is 28.7. The Bertz CT molecular complexity index is 1070. The average molecular weight is 530 g/mol. The molecule has 0 aromatic heterocycles. The molecule has 198 valence electrons. The summed E-state index contributed by atoms with van der Waals surface area (Å²) in [6.45, 7) is 4.49. The predicted molar refractivity (Wildman–Crippen MR) is 106 cm³/mol. The quantitative estimate of drug-likeness (QED) is 0.262. The molecule has 0 aliphatic rings. The van der Waals surface area contributed by atoms with Gasteiger partial charge in [-0.2, -0.15) is 35.1 Å². The van der Waals surface area contributed by atoms with E-state index < -0.39 is 64.2 Å². The molecule has 2 aromatic carbocycles. The van der Waals surface area contributed by atoms with E-state index in [9.17, 15) is 44.7 Å². The molecule has 6 nitrogen and oxygen atoms in total. The molecule has 0 spiro atoms. The minimum absolute atomic E-state index is 0.235. The molecule has 0 radical (unpaired) electrons. The van der Waals surface area contributed by atoms with Gasteiger partial charge in [0.1, 0.15) is 17.1 Å². The van der Waals surface area contributed by atoms with E-state index in [1.807, 2.05) is 0 Å². The average Bonchev–Trinajstić information content (AvgIpc) is 2.67. The zero-order chi connectivity index (χ0) is 27.7. The number of carboxylic acids is 1. The van der Waals surface area contributed by atoms with Gasteiger partial charge < -0.3 is 19.3 Å². The van der Waals surface area contributed by atoms with E-state index >= 15 is 0 Å². The third-order valence-electron chi connectivity index (χ3n) is 4.51. The lowest BCUT2D eigenvalue weighted by atomic mass is 9.73. The standard InChI is InChI=1S/C22H18F8O6/c1-18(2,3)36-17(33)34-14-8-4-12(5-9-14)19(21(25,26)27,22(28,29)30)13-6-10-15(11-7-13)35-20(23,24)16(31)32/h4-11H,1-3H3,(H,31,32). The van der Waals surface area contributed by atoms with Crippen molar-refractivity contribution in [2.24, 2.45) is 0 Å².